The van der Waals surface area contributed by atoms with Crippen LogP contribution in [0, 0.1) is 60.3 Å². The van der Waals surface area contributed by atoms with Gasteiger partial charge in [-0.15, -0.1) is 0 Å². The number of benzene rings is 1. The minimum absolute atomic E-state index is 0.00390. The van der Waals surface area contributed by atoms with Gasteiger partial charge in [0.1, 0.15) is 42.4 Å². The van der Waals surface area contributed by atoms with Crippen molar-refractivity contribution < 1.29 is 49.2 Å². The molecule has 2 saturated carbocycles. The van der Waals surface area contributed by atoms with E-state index in [1.54, 1.807) is 32.0 Å². The zero-order valence-electron chi connectivity index (χ0n) is 54.7. The van der Waals surface area contributed by atoms with Crippen molar-refractivity contribution >= 4 is 81.8 Å². The second-order valence-electron chi connectivity index (χ2n) is 23.7. The Bertz CT molecular complexity index is 4410. The zero-order chi connectivity index (χ0) is 69.7. The molecule has 5 aromatic heterocycles. The summed E-state index contributed by atoms with van der Waals surface area (Å²) in [6.45, 7) is 16.4. The Morgan fingerprint density at radius 3 is 1.54 bits per heavy atom. The van der Waals surface area contributed by atoms with Crippen molar-refractivity contribution in [2.24, 2.45) is 11.8 Å². The summed E-state index contributed by atoms with van der Waals surface area (Å²) in [6, 6.07) is 14.7. The first-order valence-electron chi connectivity index (χ1n) is 30.6. The number of pyridine rings is 5. The summed E-state index contributed by atoms with van der Waals surface area (Å²) < 4.78 is 83.6. The van der Waals surface area contributed by atoms with Gasteiger partial charge in [0, 0.05) is 82.9 Å². The summed E-state index contributed by atoms with van der Waals surface area (Å²) >= 11 is 6.03. The van der Waals surface area contributed by atoms with Crippen molar-refractivity contribution in [2.75, 3.05) is 48.1 Å². The Hall–Kier alpha value is -8.41. The van der Waals surface area contributed by atoms with E-state index in [1.807, 2.05) is 59.7 Å². The lowest BCUT2D eigenvalue weighted by atomic mass is 9.87. The van der Waals surface area contributed by atoms with Crippen LogP contribution in [0.2, 0.25) is 5.02 Å². The van der Waals surface area contributed by atoms with Gasteiger partial charge in [0.2, 0.25) is 17.7 Å². The minimum Gasteiger partial charge on any atom is -0.483 e. The molecule has 2 aliphatic rings. The standard InChI is InChI=1S/2C22H30N4O4S.C20H25ClN4O6S/c1-13-8-18(16(4)25-15(13)3)10-24-20(27)11-26-14(2)9-19(21(23)22(26)28)31(29,30)12-17-6-5-7-17;1-4-5-18-10-19(31(29,30)13-16-7-8-16)21(23)22(28)26(18)12-20(27)24-11-17-9-6-14(2)25-15(17)3;1-4-23-18(27)11-31-15-6-5-14(21)8-13(15)9-24-17(26)10-25-12(2)7-16(32(3,29)30)19(22)20(25)28/h8-9,17H,5-7,10-12,23H2,1-4H3,(H,24,27);6,9-10,16H,4-5,7-8,11-13,23H2,1-3H3,(H,24,27);5-8H,4,9-11,22H2,1-3H3,(H,23,27)(H,24,26). The molecule has 94 heavy (non-hydrogen) atoms. The van der Waals surface area contributed by atoms with Gasteiger partial charge >= 0.3 is 0 Å². The molecule has 0 unspecified atom stereocenters. The lowest BCUT2D eigenvalue weighted by Crippen LogP contribution is -2.35. The summed E-state index contributed by atoms with van der Waals surface area (Å²) in [4.78, 5) is 95.6. The molecule has 10 N–H and O–H groups in total. The highest BCUT2D eigenvalue weighted by molar-refractivity contribution is 7.92. The number of ether oxygens (including phenoxy) is 1. The van der Waals surface area contributed by atoms with Crippen molar-refractivity contribution in [3.63, 3.8) is 0 Å². The molecule has 0 aliphatic heterocycles. The molecule has 0 radical (unpaired) electrons. The number of likely N-dealkylation sites (N-methyl/N-ethyl adjacent to an activating group) is 1. The highest BCUT2D eigenvalue weighted by atomic mass is 35.5. The third-order valence-corrected chi connectivity index (χ3v) is 21.2. The summed E-state index contributed by atoms with van der Waals surface area (Å²) in [6.07, 6.45) is 6.67. The van der Waals surface area contributed by atoms with Crippen LogP contribution in [0.5, 0.6) is 5.75 Å². The number of nitrogen functional groups attached to an aromatic ring is 3. The molecular weight excluding hydrogens is 1290 g/mol. The molecule has 4 amide bonds. The Morgan fingerprint density at radius 2 is 1.04 bits per heavy atom. The van der Waals surface area contributed by atoms with Crippen LogP contribution in [0.3, 0.4) is 0 Å². The highest BCUT2D eigenvalue weighted by Crippen LogP contribution is 2.34. The monoisotopic (exact) mass is 1380 g/mol. The van der Waals surface area contributed by atoms with E-state index < -0.39 is 57.8 Å². The smallest absolute Gasteiger partial charge is 0.275 e. The van der Waals surface area contributed by atoms with Crippen molar-refractivity contribution in [3.05, 3.63) is 153 Å². The van der Waals surface area contributed by atoms with E-state index in [9.17, 15) is 58.8 Å². The first-order chi connectivity index (χ1) is 44.0. The van der Waals surface area contributed by atoms with Crippen LogP contribution < -0.4 is 59.9 Å². The molecule has 8 rings (SSSR count). The molecule has 5 heterocycles. The number of carbonyl (C=O) groups is 4. The quantitative estimate of drug-likeness (QED) is 0.0415. The second kappa shape index (κ2) is 32.1. The molecule has 2 fully saturated rings. The summed E-state index contributed by atoms with van der Waals surface area (Å²) in [7, 11) is -11.0. The summed E-state index contributed by atoms with van der Waals surface area (Å²) in [5.74, 6) is -0.872. The molecule has 0 bridgehead atoms. The van der Waals surface area contributed by atoms with Crippen LogP contribution in [0.25, 0.3) is 0 Å². The van der Waals surface area contributed by atoms with Gasteiger partial charge in [-0.3, -0.25) is 43.5 Å². The Kier molecular flexibility index (Phi) is 25.5. The number of carbonyl (C=O) groups excluding carboxylic acids is 4. The average Bonchev–Trinajstić information content (AvgIpc) is 1.05. The number of amides is 4. The predicted molar refractivity (Wildman–Crippen MR) is 359 cm³/mol. The number of aryl methyl sites for hydroxylation is 8. The normalized spacial score (nSPS) is 13.1. The topological polar surface area (TPSA) is 398 Å². The first kappa shape index (κ1) is 74.6. The maximum absolute atomic E-state index is 12.9. The van der Waals surface area contributed by atoms with Gasteiger partial charge in [-0.05, 0) is 158 Å². The van der Waals surface area contributed by atoms with Crippen molar-refractivity contribution in [3.8, 4) is 5.75 Å². The van der Waals surface area contributed by atoms with Gasteiger partial charge in [0.25, 0.3) is 22.6 Å². The Labute approximate surface area is 552 Å². The van der Waals surface area contributed by atoms with Crippen LogP contribution in [0.4, 0.5) is 17.1 Å². The van der Waals surface area contributed by atoms with Gasteiger partial charge < -0.3 is 56.9 Å². The van der Waals surface area contributed by atoms with Crippen molar-refractivity contribution in [2.45, 2.75) is 161 Å². The fourth-order valence-electron chi connectivity index (χ4n) is 10.2. The van der Waals surface area contributed by atoms with Crippen LogP contribution in [0.15, 0.2) is 83.7 Å². The fourth-order valence-corrected chi connectivity index (χ4v) is 15.0. The van der Waals surface area contributed by atoms with E-state index in [4.69, 9.17) is 33.5 Å². The molecule has 510 valence electrons. The van der Waals surface area contributed by atoms with E-state index >= 15 is 0 Å². The molecule has 1 aromatic carbocycles. The molecule has 0 atom stereocenters. The Balaban J connectivity index is 0.000000223. The lowest BCUT2D eigenvalue weighted by molar-refractivity contribution is -0.123. The third kappa shape index (κ3) is 20.1. The van der Waals surface area contributed by atoms with E-state index in [0.29, 0.717) is 53.7 Å². The first-order valence-corrected chi connectivity index (χ1v) is 36.1. The van der Waals surface area contributed by atoms with Gasteiger partial charge in [-0.2, -0.15) is 0 Å². The molecule has 30 heteroatoms. The molecular formula is C64H85ClN12O14S3. The largest absolute Gasteiger partial charge is 0.483 e. The number of sulfone groups is 3. The Morgan fingerprint density at radius 1 is 0.564 bits per heavy atom. The number of halogens is 1. The van der Waals surface area contributed by atoms with Gasteiger partial charge in [0.15, 0.2) is 36.1 Å². The number of anilines is 3. The molecule has 26 nitrogen and oxygen atoms in total. The van der Waals surface area contributed by atoms with E-state index in [1.165, 1.54) is 34.3 Å². The minimum atomic E-state index is -3.69. The molecule has 0 saturated heterocycles. The van der Waals surface area contributed by atoms with Gasteiger partial charge in [-0.25, -0.2) is 25.3 Å². The van der Waals surface area contributed by atoms with Crippen molar-refractivity contribution in [1.29, 1.82) is 0 Å². The SMILES string of the molecule is CCCc1cc(S(=O)(=O)CC2CC2)c(N)c(=O)n1CC(=O)NCc1ccc(C)nc1C.CCNC(=O)COc1ccc(Cl)cc1CNC(=O)Cn1c(C)cc(S(C)(=O)=O)c(N)c1=O.Cc1cc(CNC(=O)Cn2c(C)cc(S(=O)(=O)CC3CCC3)c(N)c2=O)c(C)nc1C. The maximum Gasteiger partial charge on any atom is 0.275 e. The van der Waals surface area contributed by atoms with Crippen LogP contribution in [-0.2, 0) is 94.4 Å². The second-order valence-corrected chi connectivity index (χ2v) is 30.1. The number of hydrogen-bond acceptors (Lipinski definition) is 19. The molecule has 0 spiro atoms. The van der Waals surface area contributed by atoms with Crippen LogP contribution >= 0.6 is 11.6 Å². The van der Waals surface area contributed by atoms with Gasteiger partial charge in [0.05, 0.1) is 26.2 Å². The van der Waals surface area contributed by atoms with Crippen molar-refractivity contribution in [1.82, 2.24) is 44.9 Å². The van der Waals surface area contributed by atoms with Gasteiger partial charge in [-0.1, -0.05) is 43.5 Å². The summed E-state index contributed by atoms with van der Waals surface area (Å²) in [5, 5.41) is 11.3. The number of nitrogens with two attached hydrogens (primary N) is 3. The third-order valence-electron chi connectivity index (χ3n) is 16.0. The number of rotatable bonds is 25. The number of hydrogen-bond donors (Lipinski definition) is 7. The van der Waals surface area contributed by atoms with Crippen LogP contribution in [-0.4, -0.2) is 103 Å². The fraction of sp³-hybridized carbons (Fsp3) is 0.453. The lowest BCUT2D eigenvalue weighted by Gasteiger charge is -2.25. The molecule has 2 aliphatic carbocycles. The summed E-state index contributed by atoms with van der Waals surface area (Å²) in [5.41, 5.74) is 22.4. The number of nitrogens with one attached hydrogen (secondary N) is 4. The highest BCUT2D eigenvalue weighted by Gasteiger charge is 2.33. The maximum atomic E-state index is 12.9. The average molecular weight is 1380 g/mol. The number of aromatic nitrogens is 5. The zero-order valence-corrected chi connectivity index (χ0v) is 57.9. The number of nitrogens with zero attached hydrogens (tertiary/aromatic N) is 5. The predicted octanol–water partition coefficient (Wildman–Crippen LogP) is 4.47. The van der Waals surface area contributed by atoms with E-state index in [-0.39, 0.29) is 112 Å². The van der Waals surface area contributed by atoms with E-state index in [2.05, 4.69) is 31.2 Å². The van der Waals surface area contributed by atoms with E-state index in [0.717, 1.165) is 82.4 Å². The molecule has 6 aromatic rings. The van der Waals surface area contributed by atoms with Crippen LogP contribution in [0.1, 0.15) is 114 Å².